The lowest BCUT2D eigenvalue weighted by atomic mass is 9.87. The van der Waals surface area contributed by atoms with E-state index in [1.165, 1.54) is 6.33 Å². The number of nitrogens with zero attached hydrogens (tertiary/aromatic N) is 5. The van der Waals surface area contributed by atoms with E-state index in [4.69, 9.17) is 33.7 Å². The average Bonchev–Trinajstić information content (AvgIpc) is 3.03. The normalized spacial score (nSPS) is 16.4. The molecule has 10 heteroatoms. The van der Waals surface area contributed by atoms with Crippen LogP contribution in [0.1, 0.15) is 49.6 Å². The summed E-state index contributed by atoms with van der Waals surface area (Å²) in [5, 5.41) is 16.5. The van der Waals surface area contributed by atoms with E-state index in [-0.39, 0.29) is 12.0 Å². The maximum atomic E-state index is 10.1. The van der Waals surface area contributed by atoms with Crippen LogP contribution >= 0.6 is 23.2 Å². The van der Waals surface area contributed by atoms with E-state index >= 15 is 0 Å². The summed E-state index contributed by atoms with van der Waals surface area (Å²) >= 11 is 13.2. The van der Waals surface area contributed by atoms with E-state index in [9.17, 15) is 5.11 Å². The third kappa shape index (κ3) is 4.01. The average molecular weight is 479 g/mol. The first kappa shape index (κ1) is 23.0. The number of halogens is 2. The number of rotatable bonds is 6. The van der Waals surface area contributed by atoms with Gasteiger partial charge >= 0.3 is 0 Å². The monoisotopic (exact) mass is 478 g/mol. The number of methoxy groups -OCH3 is 1. The molecule has 1 atom stereocenters. The molecule has 0 spiro atoms. The third-order valence-electron chi connectivity index (χ3n) is 5.93. The molecule has 0 saturated carbocycles. The van der Waals surface area contributed by atoms with Gasteiger partial charge in [0.05, 0.1) is 39.9 Å². The van der Waals surface area contributed by atoms with Crippen molar-refractivity contribution >= 4 is 40.1 Å². The summed E-state index contributed by atoms with van der Waals surface area (Å²) < 4.78 is 7.70. The Hall–Kier alpha value is -2.13. The van der Waals surface area contributed by atoms with Crippen LogP contribution in [0.25, 0.3) is 11.0 Å². The fraction of sp³-hybridized carbons (Fsp3) is 0.500. The fourth-order valence-corrected chi connectivity index (χ4v) is 5.07. The highest BCUT2D eigenvalue weighted by molar-refractivity contribution is 6.42. The molecule has 4 rings (SSSR count). The highest BCUT2D eigenvalue weighted by Crippen LogP contribution is 2.46. The number of hydrogen-bond donors (Lipinski definition) is 2. The molecule has 3 aromatic rings. The van der Waals surface area contributed by atoms with Gasteiger partial charge in [-0.25, -0.2) is 14.6 Å². The maximum absolute atomic E-state index is 10.1. The number of benzene rings is 1. The van der Waals surface area contributed by atoms with Crippen LogP contribution in [0.3, 0.4) is 0 Å². The molecule has 172 valence electrons. The van der Waals surface area contributed by atoms with E-state index in [0.29, 0.717) is 33.8 Å². The number of anilines is 1. The molecular formula is C22H28Cl2N6O2. The second-order valence-electron chi connectivity index (χ2n) is 9.08. The van der Waals surface area contributed by atoms with Gasteiger partial charge in [0, 0.05) is 36.7 Å². The maximum Gasteiger partial charge on any atom is 0.164 e. The fourth-order valence-electron chi connectivity index (χ4n) is 4.55. The van der Waals surface area contributed by atoms with Crippen LogP contribution in [0.4, 0.5) is 5.82 Å². The number of aryl methyl sites for hydroxylation is 1. The van der Waals surface area contributed by atoms with E-state index in [1.807, 2.05) is 24.6 Å². The molecule has 2 aromatic heterocycles. The minimum Gasteiger partial charge on any atom is -0.496 e. The Balaban J connectivity index is 1.76. The standard InChI is InChI=1S/C22H28Cl2N6O2/c1-11-16-20(25)26-10-27-21(16)30(28-11)12(2)14-6-15(23)18(24)17(19(14)32-5)13-7-29(8-13)9-22(3,4)31/h6,10,12-13,31H,7-9H2,1-5H3,(H2,25,26,27)/t12-/m0/s1. The lowest BCUT2D eigenvalue weighted by Gasteiger charge is -2.43. The predicted octanol–water partition coefficient (Wildman–Crippen LogP) is 3.81. The van der Waals surface area contributed by atoms with Gasteiger partial charge in [-0.1, -0.05) is 23.2 Å². The molecule has 0 amide bonds. The minimum absolute atomic E-state index is 0.151. The summed E-state index contributed by atoms with van der Waals surface area (Å²) in [7, 11) is 1.64. The largest absolute Gasteiger partial charge is 0.496 e. The molecule has 0 bridgehead atoms. The number of ether oxygens (including phenoxy) is 1. The van der Waals surface area contributed by atoms with Gasteiger partial charge in [0.15, 0.2) is 5.65 Å². The molecule has 8 nitrogen and oxygen atoms in total. The highest BCUT2D eigenvalue weighted by Gasteiger charge is 2.36. The van der Waals surface area contributed by atoms with E-state index in [1.54, 1.807) is 21.0 Å². The second-order valence-corrected chi connectivity index (χ2v) is 9.86. The Morgan fingerprint density at radius 2 is 2.00 bits per heavy atom. The summed E-state index contributed by atoms with van der Waals surface area (Å²) in [5.41, 5.74) is 8.46. The number of likely N-dealkylation sites (tertiary alicyclic amines) is 1. The number of nitrogens with two attached hydrogens (primary N) is 1. The molecule has 3 heterocycles. The first-order chi connectivity index (χ1) is 15.0. The van der Waals surface area contributed by atoms with Crippen molar-refractivity contribution in [1.29, 1.82) is 0 Å². The number of nitrogen functional groups attached to an aromatic ring is 1. The van der Waals surface area contributed by atoms with Crippen molar-refractivity contribution in [1.82, 2.24) is 24.6 Å². The Morgan fingerprint density at radius 1 is 1.31 bits per heavy atom. The van der Waals surface area contributed by atoms with Crippen molar-refractivity contribution in [3.63, 3.8) is 0 Å². The van der Waals surface area contributed by atoms with Crippen LogP contribution in [0.2, 0.25) is 10.0 Å². The van der Waals surface area contributed by atoms with Crippen LogP contribution < -0.4 is 10.5 Å². The van der Waals surface area contributed by atoms with Crippen molar-refractivity contribution in [3.05, 3.63) is 39.3 Å². The lowest BCUT2D eigenvalue weighted by molar-refractivity contribution is 0.00709. The van der Waals surface area contributed by atoms with Crippen LogP contribution in [0.15, 0.2) is 12.4 Å². The summed E-state index contributed by atoms with van der Waals surface area (Å²) in [6.07, 6.45) is 1.44. The molecule has 32 heavy (non-hydrogen) atoms. The van der Waals surface area contributed by atoms with Crippen molar-refractivity contribution in [3.8, 4) is 5.75 Å². The SMILES string of the molecule is COc1c([C@H](C)n2nc(C)c3c(N)ncnc32)cc(Cl)c(Cl)c1C1CN(CC(C)(C)O)C1. The van der Waals surface area contributed by atoms with Gasteiger partial charge in [0.1, 0.15) is 17.9 Å². The molecule has 0 radical (unpaired) electrons. The van der Waals surface area contributed by atoms with Gasteiger partial charge in [-0.2, -0.15) is 5.10 Å². The zero-order valence-corrected chi connectivity index (χ0v) is 20.4. The second kappa shape index (κ2) is 8.33. The number of hydrogen-bond acceptors (Lipinski definition) is 7. The minimum atomic E-state index is -0.754. The summed E-state index contributed by atoms with van der Waals surface area (Å²) in [6, 6.07) is 1.59. The lowest BCUT2D eigenvalue weighted by Crippen LogP contribution is -2.51. The van der Waals surface area contributed by atoms with Gasteiger partial charge in [0.2, 0.25) is 0 Å². The molecule has 1 saturated heterocycles. The van der Waals surface area contributed by atoms with Crippen molar-refractivity contribution < 1.29 is 9.84 Å². The smallest absolute Gasteiger partial charge is 0.164 e. The molecule has 1 aromatic carbocycles. The molecule has 1 fully saturated rings. The van der Waals surface area contributed by atoms with E-state index in [2.05, 4.69) is 20.0 Å². The first-order valence-corrected chi connectivity index (χ1v) is 11.2. The summed E-state index contributed by atoms with van der Waals surface area (Å²) in [4.78, 5) is 10.7. The molecule has 3 N–H and O–H groups in total. The molecule has 0 aliphatic carbocycles. The zero-order valence-electron chi connectivity index (χ0n) is 18.9. The molecule has 1 aliphatic rings. The van der Waals surface area contributed by atoms with Crippen LogP contribution in [0, 0.1) is 6.92 Å². The highest BCUT2D eigenvalue weighted by atomic mass is 35.5. The summed E-state index contributed by atoms with van der Waals surface area (Å²) in [5.74, 6) is 1.25. The Kier molecular flexibility index (Phi) is 6.00. The number of aromatic nitrogens is 4. The number of β-amino-alcohol motifs (C(OH)–C–C–N with tert-alkyl or cyclic N) is 1. The van der Waals surface area contributed by atoms with Gasteiger partial charge in [-0.05, 0) is 33.8 Å². The van der Waals surface area contributed by atoms with Gasteiger partial charge in [-0.3, -0.25) is 4.90 Å². The van der Waals surface area contributed by atoms with Crippen LogP contribution in [-0.4, -0.2) is 62.1 Å². The third-order valence-corrected chi connectivity index (χ3v) is 6.73. The number of aliphatic hydroxyl groups is 1. The Morgan fingerprint density at radius 3 is 2.62 bits per heavy atom. The molecular weight excluding hydrogens is 451 g/mol. The Labute approximate surface area is 197 Å². The molecule has 0 unspecified atom stereocenters. The topological polar surface area (TPSA) is 102 Å². The van der Waals surface area contributed by atoms with Gasteiger partial charge < -0.3 is 15.6 Å². The zero-order chi connectivity index (χ0) is 23.4. The van der Waals surface area contributed by atoms with Crippen LogP contribution in [0.5, 0.6) is 5.75 Å². The molecule has 1 aliphatic heterocycles. The predicted molar refractivity (Wildman–Crippen MR) is 127 cm³/mol. The number of fused-ring (bicyclic) bond motifs is 1. The van der Waals surface area contributed by atoms with Gasteiger partial charge in [0.25, 0.3) is 0 Å². The quantitative estimate of drug-likeness (QED) is 0.554. The van der Waals surface area contributed by atoms with E-state index in [0.717, 1.165) is 35.3 Å². The Bertz CT molecular complexity index is 1170. The van der Waals surface area contributed by atoms with Crippen molar-refractivity contribution in [2.75, 3.05) is 32.5 Å². The van der Waals surface area contributed by atoms with Crippen molar-refractivity contribution in [2.24, 2.45) is 0 Å². The van der Waals surface area contributed by atoms with Gasteiger partial charge in [-0.15, -0.1) is 0 Å². The van der Waals surface area contributed by atoms with Crippen molar-refractivity contribution in [2.45, 2.75) is 45.3 Å². The summed E-state index contributed by atoms with van der Waals surface area (Å²) in [6.45, 7) is 9.63. The van der Waals surface area contributed by atoms with E-state index < -0.39 is 5.60 Å². The van der Waals surface area contributed by atoms with Crippen LogP contribution in [-0.2, 0) is 0 Å². The first-order valence-electron chi connectivity index (χ1n) is 10.5.